The average molecular weight is 669 g/mol. The normalized spacial score (nSPS) is 21.9. The molecule has 1 aliphatic rings. The van der Waals surface area contributed by atoms with E-state index in [-0.39, 0.29) is 39.6 Å². The first-order chi connectivity index (χ1) is 22.7. The van der Waals surface area contributed by atoms with Crippen LogP contribution < -0.4 is 10.1 Å². The van der Waals surface area contributed by atoms with Crippen LogP contribution in [0.25, 0.3) is 0 Å². The molecule has 2 amide bonds. The monoisotopic (exact) mass is 668 g/mol. The molecule has 13 nitrogen and oxygen atoms in total. The Labute approximate surface area is 278 Å². The van der Waals surface area contributed by atoms with Gasteiger partial charge < -0.3 is 54.7 Å². The Morgan fingerprint density at radius 3 is 2.17 bits per heavy atom. The molecule has 0 aliphatic carbocycles. The molecule has 0 bridgehead atoms. The second kappa shape index (κ2) is 23.7. The Morgan fingerprint density at radius 1 is 0.872 bits per heavy atom. The van der Waals surface area contributed by atoms with Crippen LogP contribution in [-0.2, 0) is 23.8 Å². The lowest BCUT2D eigenvalue weighted by molar-refractivity contribution is -0.278. The van der Waals surface area contributed by atoms with E-state index in [4.69, 9.17) is 24.1 Å². The van der Waals surface area contributed by atoms with Crippen LogP contribution in [0.5, 0.6) is 5.75 Å². The lowest BCUT2D eigenvalue weighted by Gasteiger charge is -2.41. The van der Waals surface area contributed by atoms with Gasteiger partial charge in [-0.05, 0) is 49.9 Å². The molecule has 1 aromatic rings. The number of rotatable bonds is 24. The largest absolute Gasteiger partial charge is 0.497 e. The summed E-state index contributed by atoms with van der Waals surface area (Å²) in [6, 6.07) is 5.72. The fourth-order valence-electron chi connectivity index (χ4n) is 5.21. The summed E-state index contributed by atoms with van der Waals surface area (Å²) in [6.45, 7) is 2.52. The van der Waals surface area contributed by atoms with Crippen molar-refractivity contribution in [1.82, 2.24) is 4.90 Å². The van der Waals surface area contributed by atoms with Crippen LogP contribution in [0.4, 0.5) is 5.69 Å². The van der Waals surface area contributed by atoms with E-state index >= 15 is 0 Å². The highest BCUT2D eigenvalue weighted by atomic mass is 16.6. The Bertz CT molecular complexity index is 1030. The van der Waals surface area contributed by atoms with E-state index in [0.29, 0.717) is 24.3 Å². The molecule has 0 spiro atoms. The number of ether oxygens (including phenoxy) is 4. The molecule has 6 N–H and O–H groups in total. The van der Waals surface area contributed by atoms with E-state index in [9.17, 15) is 30.0 Å². The fraction of sp³-hybridized carbons (Fsp3) is 0.706. The third-order valence-electron chi connectivity index (χ3n) is 7.97. The molecule has 0 aromatic heterocycles. The van der Waals surface area contributed by atoms with Crippen molar-refractivity contribution in [2.75, 3.05) is 52.0 Å². The summed E-state index contributed by atoms with van der Waals surface area (Å²) in [5, 5.41) is 52.7. The van der Waals surface area contributed by atoms with E-state index in [1.807, 2.05) is 0 Å². The first-order valence-electron chi connectivity index (χ1n) is 16.8. The summed E-state index contributed by atoms with van der Waals surface area (Å²) in [4.78, 5) is 29.0. The van der Waals surface area contributed by atoms with Gasteiger partial charge in [0.25, 0.3) is 5.91 Å². The molecular formula is C34H56N2O11. The Hall–Kier alpha value is -2.62. The standard InChI is InChI=1S/C34H56N2O11/c1-3-4-5-6-7-8-9-10-11-12-13-14-27(32(41)35-25-15-17-26(44-2)18-16-25)36(19-21-45-23-24-46-22-20-37)33(42)31-29(39)28(38)30(40)34(43)47-31/h6-7,15-18,27-31,34,37-40,43H,3-5,8-14,19-24H2,1-2H3,(H,35,41)/b7-6-/t27?,28-,29+,30?,31?,34-/m1/s1. The predicted molar refractivity (Wildman–Crippen MR) is 176 cm³/mol. The Morgan fingerprint density at radius 2 is 1.51 bits per heavy atom. The number of hydrogen-bond donors (Lipinski definition) is 6. The van der Waals surface area contributed by atoms with Gasteiger partial charge in [0.2, 0.25) is 5.91 Å². The van der Waals surface area contributed by atoms with Crippen molar-refractivity contribution in [3.8, 4) is 5.75 Å². The number of carbonyl (C=O) groups excluding carboxylic acids is 2. The number of aliphatic hydroxyl groups is 5. The van der Waals surface area contributed by atoms with Crippen LogP contribution >= 0.6 is 0 Å². The molecule has 0 radical (unpaired) electrons. The molecule has 1 heterocycles. The molecule has 13 heteroatoms. The van der Waals surface area contributed by atoms with Gasteiger partial charge in [-0.25, -0.2) is 0 Å². The summed E-state index contributed by atoms with van der Waals surface area (Å²) in [5.41, 5.74) is 0.486. The minimum atomic E-state index is -1.92. The van der Waals surface area contributed by atoms with E-state index in [0.717, 1.165) is 38.5 Å². The number of nitrogens with zero attached hydrogens (tertiary/aromatic N) is 1. The zero-order valence-electron chi connectivity index (χ0n) is 27.9. The third kappa shape index (κ3) is 14.6. The van der Waals surface area contributed by atoms with E-state index in [1.165, 1.54) is 24.9 Å². The lowest BCUT2D eigenvalue weighted by atomic mass is 9.96. The number of anilines is 1. The maximum atomic E-state index is 13.9. The van der Waals surface area contributed by atoms with Gasteiger partial charge in [0.1, 0.15) is 30.1 Å². The molecule has 0 saturated carbocycles. The number of nitrogens with one attached hydrogen (secondary N) is 1. The van der Waals surface area contributed by atoms with Crippen molar-refractivity contribution >= 4 is 17.5 Å². The smallest absolute Gasteiger partial charge is 0.255 e. The van der Waals surface area contributed by atoms with E-state index in [1.54, 1.807) is 24.3 Å². The Kier molecular flexibility index (Phi) is 20.4. The van der Waals surface area contributed by atoms with Crippen LogP contribution in [0.15, 0.2) is 36.4 Å². The van der Waals surface area contributed by atoms with Crippen LogP contribution in [0, 0.1) is 0 Å². The number of carbonyl (C=O) groups is 2. The van der Waals surface area contributed by atoms with Crippen molar-refractivity contribution < 1.29 is 54.1 Å². The molecule has 47 heavy (non-hydrogen) atoms. The number of hydrogen-bond acceptors (Lipinski definition) is 11. The molecule has 268 valence electrons. The summed E-state index contributed by atoms with van der Waals surface area (Å²) in [6.07, 6.45) is 4.64. The summed E-state index contributed by atoms with van der Waals surface area (Å²) < 4.78 is 21.3. The summed E-state index contributed by atoms with van der Waals surface area (Å²) in [7, 11) is 1.53. The SMILES string of the molecule is CCCC/C=C\CCCCCCCC(C(=O)Nc1ccc(OC)cc1)N(CCOCCOCCO)C(=O)C1O[C@@H](O)C(O)[C@H](O)[C@@H]1O. The van der Waals surface area contributed by atoms with Crippen LogP contribution in [-0.4, -0.2) is 126 Å². The second-order valence-corrected chi connectivity index (χ2v) is 11.6. The maximum Gasteiger partial charge on any atom is 0.255 e. The summed E-state index contributed by atoms with van der Waals surface area (Å²) in [5.74, 6) is -0.707. The van der Waals surface area contributed by atoms with Gasteiger partial charge in [0.15, 0.2) is 12.4 Å². The molecule has 1 saturated heterocycles. The van der Waals surface area contributed by atoms with Gasteiger partial charge in [-0.3, -0.25) is 9.59 Å². The number of allylic oxidation sites excluding steroid dienone is 2. The molecular weight excluding hydrogens is 612 g/mol. The van der Waals surface area contributed by atoms with E-state index < -0.39 is 48.6 Å². The molecule has 6 atom stereocenters. The molecule has 1 aliphatic heterocycles. The van der Waals surface area contributed by atoms with Crippen molar-refractivity contribution in [3.63, 3.8) is 0 Å². The third-order valence-corrected chi connectivity index (χ3v) is 7.97. The quantitative estimate of drug-likeness (QED) is 0.0700. The number of methoxy groups -OCH3 is 1. The number of amides is 2. The highest BCUT2D eigenvalue weighted by molar-refractivity contribution is 5.98. The first kappa shape index (κ1) is 40.6. The fourth-order valence-corrected chi connectivity index (χ4v) is 5.21. The van der Waals surface area contributed by atoms with Gasteiger partial charge in [0, 0.05) is 12.2 Å². The van der Waals surface area contributed by atoms with Gasteiger partial charge in [-0.2, -0.15) is 0 Å². The number of benzene rings is 1. The lowest BCUT2D eigenvalue weighted by Crippen LogP contribution is -2.63. The van der Waals surface area contributed by atoms with Gasteiger partial charge in [0.05, 0.1) is 40.1 Å². The van der Waals surface area contributed by atoms with Crippen molar-refractivity contribution in [3.05, 3.63) is 36.4 Å². The van der Waals surface area contributed by atoms with Gasteiger partial charge in [-0.15, -0.1) is 0 Å². The highest BCUT2D eigenvalue weighted by Gasteiger charge is 2.48. The zero-order valence-corrected chi connectivity index (χ0v) is 27.9. The predicted octanol–water partition coefficient (Wildman–Crippen LogP) is 2.13. The topological polar surface area (TPSA) is 187 Å². The van der Waals surface area contributed by atoms with Crippen LogP contribution in [0.1, 0.15) is 71.1 Å². The van der Waals surface area contributed by atoms with Crippen LogP contribution in [0.2, 0.25) is 0 Å². The summed E-state index contributed by atoms with van der Waals surface area (Å²) >= 11 is 0. The highest BCUT2D eigenvalue weighted by Crippen LogP contribution is 2.24. The van der Waals surface area contributed by atoms with Crippen LogP contribution in [0.3, 0.4) is 0 Å². The molecule has 1 fully saturated rings. The number of aliphatic hydroxyl groups excluding tert-OH is 5. The molecule has 3 unspecified atom stereocenters. The van der Waals surface area contributed by atoms with Gasteiger partial charge in [-0.1, -0.05) is 57.6 Å². The van der Waals surface area contributed by atoms with Crippen molar-refractivity contribution in [2.45, 2.75) is 108 Å². The first-order valence-corrected chi connectivity index (χ1v) is 16.8. The Balaban J connectivity index is 2.18. The molecule has 1 aromatic carbocycles. The van der Waals surface area contributed by atoms with Gasteiger partial charge >= 0.3 is 0 Å². The average Bonchev–Trinajstić information content (AvgIpc) is 3.07. The zero-order chi connectivity index (χ0) is 34.4. The van der Waals surface area contributed by atoms with Crippen molar-refractivity contribution in [2.24, 2.45) is 0 Å². The number of unbranched alkanes of at least 4 members (excludes halogenated alkanes) is 7. The van der Waals surface area contributed by atoms with E-state index in [2.05, 4.69) is 24.4 Å². The minimum Gasteiger partial charge on any atom is -0.497 e. The van der Waals surface area contributed by atoms with Crippen molar-refractivity contribution in [1.29, 1.82) is 0 Å². The maximum absolute atomic E-state index is 13.9. The molecule has 2 rings (SSSR count). The second-order valence-electron chi connectivity index (χ2n) is 11.6. The minimum absolute atomic E-state index is 0.00284.